The standard InChI is InChI=1S/C15H30N6O2/c1-17-12-13(22)18-14(16)15(23)21-10-8-20(9-11-21)7-5-4-6-19(2)3/h17H,4-12H2,1-3H3,(H2,16,18,22). The largest absolute Gasteiger partial charge is 0.379 e. The van der Waals surface area contributed by atoms with E-state index in [1.165, 1.54) is 6.42 Å². The minimum Gasteiger partial charge on any atom is -0.379 e. The van der Waals surface area contributed by atoms with Crippen LogP contribution in [0.3, 0.4) is 0 Å². The molecule has 1 fully saturated rings. The Kier molecular flexibility index (Phi) is 8.75. The van der Waals surface area contributed by atoms with Crippen LogP contribution in [0.25, 0.3) is 0 Å². The molecule has 0 saturated carbocycles. The van der Waals surface area contributed by atoms with Crippen LogP contribution in [0, 0.1) is 0 Å². The smallest absolute Gasteiger partial charge is 0.289 e. The van der Waals surface area contributed by atoms with Gasteiger partial charge in [0.2, 0.25) is 0 Å². The van der Waals surface area contributed by atoms with Crippen molar-refractivity contribution in [2.24, 2.45) is 10.7 Å². The van der Waals surface area contributed by atoms with Gasteiger partial charge in [-0.2, -0.15) is 4.99 Å². The van der Waals surface area contributed by atoms with Gasteiger partial charge in [-0.05, 0) is 47.1 Å². The van der Waals surface area contributed by atoms with Gasteiger partial charge in [-0.3, -0.25) is 14.5 Å². The summed E-state index contributed by atoms with van der Waals surface area (Å²) in [5.41, 5.74) is 5.63. The van der Waals surface area contributed by atoms with Gasteiger partial charge < -0.3 is 20.9 Å². The van der Waals surface area contributed by atoms with Crippen molar-refractivity contribution in [1.82, 2.24) is 20.0 Å². The zero-order chi connectivity index (χ0) is 17.2. The lowest BCUT2D eigenvalue weighted by atomic mass is 10.2. The molecular weight excluding hydrogens is 296 g/mol. The number of piperazine rings is 1. The molecule has 0 unspecified atom stereocenters. The van der Waals surface area contributed by atoms with Crippen molar-refractivity contribution < 1.29 is 9.59 Å². The molecule has 1 aliphatic rings. The second-order valence-electron chi connectivity index (χ2n) is 6.07. The van der Waals surface area contributed by atoms with Crippen LogP contribution in [-0.2, 0) is 9.59 Å². The van der Waals surface area contributed by atoms with E-state index in [-0.39, 0.29) is 18.3 Å². The summed E-state index contributed by atoms with van der Waals surface area (Å²) >= 11 is 0. The molecule has 0 aliphatic carbocycles. The summed E-state index contributed by atoms with van der Waals surface area (Å²) in [6.45, 7) is 5.17. The Morgan fingerprint density at radius 3 is 2.39 bits per heavy atom. The Morgan fingerprint density at radius 2 is 1.83 bits per heavy atom. The molecular formula is C15H30N6O2. The lowest BCUT2D eigenvalue weighted by molar-refractivity contribution is -0.126. The summed E-state index contributed by atoms with van der Waals surface area (Å²) in [6, 6.07) is 0. The second-order valence-corrected chi connectivity index (χ2v) is 6.07. The summed E-state index contributed by atoms with van der Waals surface area (Å²) in [5, 5.41) is 2.68. The van der Waals surface area contributed by atoms with Gasteiger partial charge in [-0.15, -0.1) is 0 Å². The van der Waals surface area contributed by atoms with Gasteiger partial charge in [0.05, 0.1) is 6.54 Å². The maximum absolute atomic E-state index is 12.2. The van der Waals surface area contributed by atoms with Crippen LogP contribution in [0.5, 0.6) is 0 Å². The molecule has 8 nitrogen and oxygen atoms in total. The van der Waals surface area contributed by atoms with Gasteiger partial charge in [-0.1, -0.05) is 0 Å². The number of hydrogen-bond acceptors (Lipinski definition) is 5. The average molecular weight is 326 g/mol. The van der Waals surface area contributed by atoms with Crippen molar-refractivity contribution in [3.8, 4) is 0 Å². The van der Waals surface area contributed by atoms with Crippen molar-refractivity contribution in [3.63, 3.8) is 0 Å². The van der Waals surface area contributed by atoms with Crippen LogP contribution < -0.4 is 11.1 Å². The molecule has 23 heavy (non-hydrogen) atoms. The number of aliphatic imine (C=N–C) groups is 1. The van der Waals surface area contributed by atoms with Gasteiger partial charge >= 0.3 is 0 Å². The number of rotatable bonds is 7. The molecule has 1 saturated heterocycles. The van der Waals surface area contributed by atoms with Crippen molar-refractivity contribution >= 4 is 17.6 Å². The Bertz CT molecular complexity index is 416. The molecule has 0 bridgehead atoms. The van der Waals surface area contributed by atoms with Gasteiger partial charge in [0, 0.05) is 26.2 Å². The molecule has 3 N–H and O–H groups in total. The van der Waals surface area contributed by atoms with Crippen molar-refractivity contribution in [3.05, 3.63) is 0 Å². The molecule has 0 atom stereocenters. The monoisotopic (exact) mass is 326 g/mol. The molecule has 0 aromatic rings. The number of carbonyl (C=O) groups excluding carboxylic acids is 2. The minimum absolute atomic E-state index is 0.0781. The minimum atomic E-state index is -0.433. The van der Waals surface area contributed by atoms with Gasteiger partial charge in [-0.25, -0.2) is 0 Å². The van der Waals surface area contributed by atoms with Crippen molar-refractivity contribution in [1.29, 1.82) is 0 Å². The molecule has 8 heteroatoms. The summed E-state index contributed by atoms with van der Waals surface area (Å²) in [6.07, 6.45) is 2.34. The van der Waals surface area contributed by atoms with E-state index in [1.54, 1.807) is 11.9 Å². The SMILES string of the molecule is CNCC(=O)N=C(N)C(=O)N1CCN(CCCCN(C)C)CC1. The summed E-state index contributed by atoms with van der Waals surface area (Å²) < 4.78 is 0. The van der Waals surface area contributed by atoms with Gasteiger partial charge in [0.25, 0.3) is 11.8 Å². The molecule has 1 aliphatic heterocycles. The predicted molar refractivity (Wildman–Crippen MR) is 91.4 cm³/mol. The van der Waals surface area contributed by atoms with Gasteiger partial charge in [0.15, 0.2) is 5.84 Å². The van der Waals surface area contributed by atoms with E-state index < -0.39 is 5.91 Å². The maximum Gasteiger partial charge on any atom is 0.289 e. The highest BCUT2D eigenvalue weighted by molar-refractivity contribution is 6.38. The van der Waals surface area contributed by atoms with Crippen LogP contribution in [0.15, 0.2) is 4.99 Å². The van der Waals surface area contributed by atoms with E-state index in [9.17, 15) is 9.59 Å². The second kappa shape index (κ2) is 10.3. The Balaban J connectivity index is 2.32. The number of amidine groups is 1. The lowest BCUT2D eigenvalue weighted by Gasteiger charge is -2.34. The Labute approximate surface area is 138 Å². The number of amides is 2. The molecule has 1 rings (SSSR count). The lowest BCUT2D eigenvalue weighted by Crippen LogP contribution is -2.52. The van der Waals surface area contributed by atoms with E-state index in [0.717, 1.165) is 32.6 Å². The van der Waals surface area contributed by atoms with Crippen LogP contribution in [0.4, 0.5) is 0 Å². The quantitative estimate of drug-likeness (QED) is 0.339. The van der Waals surface area contributed by atoms with E-state index in [1.807, 2.05) is 0 Å². The zero-order valence-corrected chi connectivity index (χ0v) is 14.5. The molecule has 132 valence electrons. The number of carbonyl (C=O) groups is 2. The third kappa shape index (κ3) is 7.54. The molecule has 0 aromatic heterocycles. The maximum atomic E-state index is 12.2. The van der Waals surface area contributed by atoms with Crippen molar-refractivity contribution in [2.45, 2.75) is 12.8 Å². The van der Waals surface area contributed by atoms with Crippen LogP contribution >= 0.6 is 0 Å². The first-order chi connectivity index (χ1) is 10.9. The number of nitrogens with one attached hydrogen (secondary N) is 1. The first kappa shape index (κ1) is 19.5. The number of nitrogens with zero attached hydrogens (tertiary/aromatic N) is 4. The first-order valence-electron chi connectivity index (χ1n) is 8.12. The number of likely N-dealkylation sites (N-methyl/N-ethyl adjacent to an activating group) is 1. The number of hydrogen-bond donors (Lipinski definition) is 2. The van der Waals surface area contributed by atoms with Gasteiger partial charge in [0.1, 0.15) is 0 Å². The average Bonchev–Trinajstić information content (AvgIpc) is 2.51. The fraction of sp³-hybridized carbons (Fsp3) is 0.800. The molecule has 0 spiro atoms. The van der Waals surface area contributed by atoms with E-state index >= 15 is 0 Å². The topological polar surface area (TPSA) is 94.3 Å². The summed E-state index contributed by atoms with van der Waals surface area (Å²) in [5.74, 6) is -0.996. The normalized spacial score (nSPS) is 16.9. The highest BCUT2D eigenvalue weighted by atomic mass is 16.2. The number of unbranched alkanes of at least 4 members (excludes halogenated alkanes) is 1. The molecule has 2 amide bonds. The molecule has 1 heterocycles. The summed E-state index contributed by atoms with van der Waals surface area (Å²) in [4.78, 5) is 33.4. The highest BCUT2D eigenvalue weighted by Crippen LogP contribution is 2.04. The third-order valence-corrected chi connectivity index (χ3v) is 3.78. The highest BCUT2D eigenvalue weighted by Gasteiger charge is 2.23. The summed E-state index contributed by atoms with van der Waals surface area (Å²) in [7, 11) is 5.80. The van der Waals surface area contributed by atoms with Crippen molar-refractivity contribution in [2.75, 3.05) is 67.0 Å². The van der Waals surface area contributed by atoms with Crippen LogP contribution in [0.2, 0.25) is 0 Å². The van der Waals surface area contributed by atoms with Crippen LogP contribution in [-0.4, -0.2) is 99.3 Å². The Hall–Kier alpha value is -1.51. The number of nitrogens with two attached hydrogens (primary N) is 1. The molecule has 0 radical (unpaired) electrons. The Morgan fingerprint density at radius 1 is 1.17 bits per heavy atom. The van der Waals surface area contributed by atoms with E-state index in [4.69, 9.17) is 5.73 Å². The first-order valence-corrected chi connectivity index (χ1v) is 8.12. The van der Waals surface area contributed by atoms with Crippen LogP contribution in [0.1, 0.15) is 12.8 Å². The molecule has 0 aromatic carbocycles. The van der Waals surface area contributed by atoms with E-state index in [0.29, 0.717) is 13.1 Å². The fourth-order valence-corrected chi connectivity index (χ4v) is 2.47. The third-order valence-electron chi connectivity index (χ3n) is 3.78. The fourth-order valence-electron chi connectivity index (χ4n) is 2.47. The predicted octanol–water partition coefficient (Wildman–Crippen LogP) is -1.42. The zero-order valence-electron chi connectivity index (χ0n) is 14.5. The van der Waals surface area contributed by atoms with E-state index in [2.05, 4.69) is 34.2 Å².